The van der Waals surface area contributed by atoms with E-state index in [1.54, 1.807) is 12.1 Å². The molecule has 1 atom stereocenters. The maximum absolute atomic E-state index is 13.7. The Hall–Kier alpha value is -1.29. The fourth-order valence-corrected chi connectivity index (χ4v) is 2.68. The highest BCUT2D eigenvalue weighted by Gasteiger charge is 2.20. The summed E-state index contributed by atoms with van der Waals surface area (Å²) in [5.41, 5.74) is 6.88. The minimum atomic E-state index is -0.235. The quantitative estimate of drug-likeness (QED) is 0.833. The van der Waals surface area contributed by atoms with E-state index in [0.29, 0.717) is 11.4 Å². The number of rotatable bonds is 4. The van der Waals surface area contributed by atoms with Crippen molar-refractivity contribution in [2.24, 2.45) is 5.92 Å². The highest BCUT2D eigenvalue weighted by Crippen LogP contribution is 2.27. The SMILES string of the molecule is CN1CCC(CCN(C)c2c(N)cccc2F)C1. The third kappa shape index (κ3) is 2.93. The van der Waals surface area contributed by atoms with E-state index in [0.717, 1.165) is 25.4 Å². The molecule has 4 heteroatoms. The summed E-state index contributed by atoms with van der Waals surface area (Å²) in [6.07, 6.45) is 2.34. The Balaban J connectivity index is 1.93. The fraction of sp³-hybridized carbons (Fsp3) is 0.571. The first kappa shape index (κ1) is 13.1. The average Bonchev–Trinajstić information content (AvgIpc) is 2.72. The summed E-state index contributed by atoms with van der Waals surface area (Å²) in [4.78, 5) is 4.28. The average molecular weight is 251 g/mol. The number of halogens is 1. The number of likely N-dealkylation sites (tertiary alicyclic amines) is 1. The zero-order chi connectivity index (χ0) is 13.1. The van der Waals surface area contributed by atoms with Gasteiger partial charge in [-0.05, 0) is 44.5 Å². The molecule has 0 bridgehead atoms. The van der Waals surface area contributed by atoms with E-state index in [2.05, 4.69) is 11.9 Å². The highest BCUT2D eigenvalue weighted by molar-refractivity contribution is 5.67. The van der Waals surface area contributed by atoms with Crippen LogP contribution in [0.5, 0.6) is 0 Å². The summed E-state index contributed by atoms with van der Waals surface area (Å²) in [6.45, 7) is 3.18. The number of hydrogen-bond acceptors (Lipinski definition) is 3. The van der Waals surface area contributed by atoms with Gasteiger partial charge < -0.3 is 15.5 Å². The van der Waals surface area contributed by atoms with Crippen LogP contribution in [0.15, 0.2) is 18.2 Å². The standard InChI is InChI=1S/C14H22FN3/c1-17-8-6-11(10-17)7-9-18(2)14-12(15)4-3-5-13(14)16/h3-5,11H,6-10,16H2,1-2H3. The molecular formula is C14H22FN3. The lowest BCUT2D eigenvalue weighted by molar-refractivity contribution is 0.389. The number of anilines is 2. The number of nitrogens with zero attached hydrogens (tertiary/aromatic N) is 2. The summed E-state index contributed by atoms with van der Waals surface area (Å²) in [5, 5.41) is 0. The molecule has 1 fully saturated rings. The Morgan fingerprint density at radius 1 is 1.50 bits per heavy atom. The van der Waals surface area contributed by atoms with Crippen LogP contribution in [0.25, 0.3) is 0 Å². The summed E-state index contributed by atoms with van der Waals surface area (Å²) in [6, 6.07) is 4.86. The fourth-order valence-electron chi connectivity index (χ4n) is 2.68. The number of benzene rings is 1. The number of para-hydroxylation sites is 1. The second-order valence-electron chi connectivity index (χ2n) is 5.30. The third-order valence-electron chi connectivity index (χ3n) is 3.76. The molecule has 0 amide bonds. The molecule has 1 saturated heterocycles. The third-order valence-corrected chi connectivity index (χ3v) is 3.76. The van der Waals surface area contributed by atoms with Gasteiger partial charge in [-0.1, -0.05) is 6.07 Å². The first-order valence-electron chi connectivity index (χ1n) is 6.51. The highest BCUT2D eigenvalue weighted by atomic mass is 19.1. The molecule has 1 heterocycles. The van der Waals surface area contributed by atoms with Gasteiger partial charge in [-0.15, -0.1) is 0 Å². The Labute approximate surface area is 108 Å². The Kier molecular flexibility index (Phi) is 4.07. The molecule has 18 heavy (non-hydrogen) atoms. The molecule has 2 N–H and O–H groups in total. The monoisotopic (exact) mass is 251 g/mol. The van der Waals surface area contributed by atoms with Crippen LogP contribution in [0.4, 0.5) is 15.8 Å². The predicted octanol–water partition coefficient (Wildman–Crippen LogP) is 2.19. The van der Waals surface area contributed by atoms with Gasteiger partial charge in [-0.2, -0.15) is 0 Å². The molecular weight excluding hydrogens is 229 g/mol. The molecule has 1 aromatic carbocycles. The molecule has 0 aromatic heterocycles. The molecule has 1 aliphatic heterocycles. The maximum Gasteiger partial charge on any atom is 0.148 e. The van der Waals surface area contributed by atoms with Gasteiger partial charge in [0.1, 0.15) is 5.82 Å². The molecule has 100 valence electrons. The Bertz CT molecular complexity index is 388. The Morgan fingerprint density at radius 3 is 2.89 bits per heavy atom. The maximum atomic E-state index is 13.7. The summed E-state index contributed by atoms with van der Waals surface area (Å²) < 4.78 is 13.7. The number of nitrogen functional groups attached to an aromatic ring is 1. The second-order valence-corrected chi connectivity index (χ2v) is 5.30. The first-order valence-corrected chi connectivity index (χ1v) is 6.51. The molecule has 0 radical (unpaired) electrons. The van der Waals surface area contributed by atoms with Crippen molar-refractivity contribution in [2.45, 2.75) is 12.8 Å². The van der Waals surface area contributed by atoms with Crippen LogP contribution in [0, 0.1) is 11.7 Å². The largest absolute Gasteiger partial charge is 0.397 e. The predicted molar refractivity (Wildman–Crippen MR) is 74.3 cm³/mol. The summed E-state index contributed by atoms with van der Waals surface area (Å²) >= 11 is 0. The van der Waals surface area contributed by atoms with Crippen LogP contribution >= 0.6 is 0 Å². The van der Waals surface area contributed by atoms with Crippen molar-refractivity contribution >= 4 is 11.4 Å². The molecule has 0 aliphatic carbocycles. The molecule has 1 unspecified atom stereocenters. The van der Waals surface area contributed by atoms with Crippen molar-refractivity contribution in [1.29, 1.82) is 0 Å². The van der Waals surface area contributed by atoms with Gasteiger partial charge in [0.25, 0.3) is 0 Å². The van der Waals surface area contributed by atoms with Gasteiger partial charge in [0.15, 0.2) is 0 Å². The van der Waals surface area contributed by atoms with Gasteiger partial charge in [0.05, 0.1) is 11.4 Å². The van der Waals surface area contributed by atoms with Crippen LogP contribution in [0.2, 0.25) is 0 Å². The molecule has 1 aliphatic rings. The minimum absolute atomic E-state index is 0.235. The summed E-state index contributed by atoms with van der Waals surface area (Å²) in [5.74, 6) is 0.492. The molecule has 1 aromatic rings. The molecule has 0 saturated carbocycles. The van der Waals surface area contributed by atoms with Gasteiger partial charge >= 0.3 is 0 Å². The van der Waals surface area contributed by atoms with E-state index in [1.807, 2.05) is 11.9 Å². The van der Waals surface area contributed by atoms with E-state index in [9.17, 15) is 4.39 Å². The lowest BCUT2D eigenvalue weighted by Crippen LogP contribution is -2.24. The van der Waals surface area contributed by atoms with Gasteiger partial charge in [0, 0.05) is 20.1 Å². The van der Waals surface area contributed by atoms with Crippen LogP contribution in [-0.4, -0.2) is 38.6 Å². The van der Waals surface area contributed by atoms with E-state index in [-0.39, 0.29) is 5.82 Å². The Morgan fingerprint density at radius 2 is 2.28 bits per heavy atom. The smallest absolute Gasteiger partial charge is 0.148 e. The summed E-state index contributed by atoms with van der Waals surface area (Å²) in [7, 11) is 4.06. The van der Waals surface area contributed by atoms with E-state index >= 15 is 0 Å². The van der Waals surface area contributed by atoms with Crippen molar-refractivity contribution in [1.82, 2.24) is 4.90 Å². The van der Waals surface area contributed by atoms with E-state index < -0.39 is 0 Å². The second kappa shape index (κ2) is 5.57. The first-order chi connectivity index (χ1) is 8.58. The van der Waals surface area contributed by atoms with E-state index in [1.165, 1.54) is 19.0 Å². The number of hydrogen-bond donors (Lipinski definition) is 1. The van der Waals surface area contributed by atoms with E-state index in [4.69, 9.17) is 5.73 Å². The van der Waals surface area contributed by atoms with Gasteiger partial charge in [0.2, 0.25) is 0 Å². The van der Waals surface area contributed by atoms with Gasteiger partial charge in [-0.3, -0.25) is 0 Å². The lowest BCUT2D eigenvalue weighted by atomic mass is 10.0. The van der Waals surface area contributed by atoms with Crippen molar-refractivity contribution in [3.05, 3.63) is 24.0 Å². The molecule has 3 nitrogen and oxygen atoms in total. The zero-order valence-electron chi connectivity index (χ0n) is 11.2. The minimum Gasteiger partial charge on any atom is -0.397 e. The lowest BCUT2D eigenvalue weighted by Gasteiger charge is -2.23. The number of nitrogens with two attached hydrogens (primary N) is 1. The van der Waals surface area contributed by atoms with Crippen LogP contribution < -0.4 is 10.6 Å². The van der Waals surface area contributed by atoms with Crippen LogP contribution in [0.3, 0.4) is 0 Å². The van der Waals surface area contributed by atoms with Crippen molar-refractivity contribution < 1.29 is 4.39 Å². The van der Waals surface area contributed by atoms with Crippen LogP contribution in [0.1, 0.15) is 12.8 Å². The van der Waals surface area contributed by atoms with Crippen molar-refractivity contribution in [3.63, 3.8) is 0 Å². The normalized spacial score (nSPS) is 20.3. The molecule has 0 spiro atoms. The molecule has 2 rings (SSSR count). The van der Waals surface area contributed by atoms with Gasteiger partial charge in [-0.25, -0.2) is 4.39 Å². The van der Waals surface area contributed by atoms with Crippen molar-refractivity contribution in [2.75, 3.05) is 44.4 Å². The van der Waals surface area contributed by atoms with Crippen molar-refractivity contribution in [3.8, 4) is 0 Å². The topological polar surface area (TPSA) is 32.5 Å². The van der Waals surface area contributed by atoms with Crippen LogP contribution in [-0.2, 0) is 0 Å². The zero-order valence-corrected chi connectivity index (χ0v) is 11.2.